The van der Waals surface area contributed by atoms with Gasteiger partial charge < -0.3 is 39.4 Å². The zero-order valence-electron chi connectivity index (χ0n) is 56.4. The molecule has 2 aliphatic rings. The standard InChI is InChI=1S/C22H23N3O4.2C18H15P.C15H19BrN2O4.C7H5N.2CH4.2ClH.Pd/c1-22(2,3)29-21(27)24-17-14-28-19-10-9-15(12-18(19)25(4)20(17)26)7-8-16-6-5-11-23-13-16;2*1-4-10-16(11-5-1)19(17-12-6-2-7-13-17)18-14-8-3-9-15-18;1-15(2,3)22-14(20)17-10-8-21-12-6-5-9(16)7-11(12)18(4)13(10)19;1-2-7-4-3-5-8-6-7;;;;;/h5-6,9-13,17H,14H2,1-4H3,(H,24,27);2*1-15H;5-7,10H,8H2,1-4H3,(H,17,20);1,3-6H;2*1H4;2*1H;/q;;;;;;;;;+2/p-2/t17-;;;10-;;;;;;/m0..0....../s1. The largest absolute Gasteiger partial charge is 0.0622 e. The molecule has 0 saturated heterocycles. The number of fused-ring (bicyclic) bond motifs is 2. The third kappa shape index (κ3) is 27.3. The Bertz CT molecular complexity index is 3990. The topological polar surface area (TPSA) is 162 Å². The Morgan fingerprint density at radius 2 is 0.814 bits per heavy atom. The minimum absolute atomic E-state index is 0. The van der Waals surface area contributed by atoms with Crippen LogP contribution in [0.15, 0.2) is 272 Å². The van der Waals surface area contributed by atoms with E-state index in [0.717, 1.165) is 21.2 Å². The van der Waals surface area contributed by atoms with Crippen LogP contribution in [0.3, 0.4) is 0 Å². The molecule has 4 amide bonds. The van der Waals surface area contributed by atoms with Gasteiger partial charge >= 0.3 is 47.2 Å². The summed E-state index contributed by atoms with van der Waals surface area (Å²) in [5.41, 5.74) is 2.30. The predicted octanol–water partition coefficient (Wildman–Crippen LogP) is 16.0. The second-order valence-corrected chi connectivity index (χ2v) is 31.4. The number of hydrogen-bond acceptors (Lipinski definition) is 10. The van der Waals surface area contributed by atoms with Crippen molar-refractivity contribution in [3.8, 4) is 35.7 Å². The van der Waals surface area contributed by atoms with Crippen molar-refractivity contribution >= 4 is 118 Å². The van der Waals surface area contributed by atoms with Gasteiger partial charge in [0.2, 0.25) is 0 Å². The Kier molecular flexibility index (Phi) is 35.2. The smallest absolute Gasteiger partial charge is 0.0134 e. The number of likely N-dealkylation sites (N-methyl/N-ethyl adjacent to an activating group) is 2. The van der Waals surface area contributed by atoms with Gasteiger partial charge in [-0.05, 0) is 150 Å². The summed E-state index contributed by atoms with van der Waals surface area (Å²) in [6.07, 6.45) is 10.5. The molecule has 102 heavy (non-hydrogen) atoms. The Morgan fingerprint density at radius 3 is 1.12 bits per heavy atom. The Balaban J connectivity index is 0.000000234. The molecule has 12 rings (SSSR count). The molecule has 0 radical (unpaired) electrons. The number of aromatic nitrogens is 2. The zero-order chi connectivity index (χ0) is 71.9. The summed E-state index contributed by atoms with van der Waals surface area (Å²) in [6, 6.07) is 81.1. The maximum atomic E-state index is 12.8. The molecule has 20 heteroatoms. The fourth-order valence-electron chi connectivity index (χ4n) is 9.54. The molecule has 2 atom stereocenters. The molecular weight excluding hydrogens is 1520 g/mol. The van der Waals surface area contributed by atoms with Crippen molar-refractivity contribution in [2.24, 2.45) is 0 Å². The first kappa shape index (κ1) is 83.5. The van der Waals surface area contributed by atoms with Crippen LogP contribution in [0.1, 0.15) is 73.1 Å². The molecule has 2 aliphatic heterocycles. The Hall–Kier alpha value is -9.16. The molecule has 0 fully saturated rings. The molecule has 0 aliphatic carbocycles. The van der Waals surface area contributed by atoms with Crippen molar-refractivity contribution in [3.05, 3.63) is 289 Å². The average molecular weight is 1600 g/mol. The number of alkyl carbamates (subject to hydrolysis) is 2. The number of nitrogens with one attached hydrogen (secondary N) is 2. The van der Waals surface area contributed by atoms with Gasteiger partial charge in [-0.25, -0.2) is 9.59 Å². The van der Waals surface area contributed by atoms with Gasteiger partial charge in [-0.1, -0.05) is 231 Å². The summed E-state index contributed by atoms with van der Waals surface area (Å²) in [7, 11) is 12.0. The third-order valence-corrected chi connectivity index (χ3v) is 19.4. The van der Waals surface area contributed by atoms with Gasteiger partial charge in [0.1, 0.15) is 48.0 Å². The number of amides is 4. The average Bonchev–Trinajstić information content (AvgIpc) is 1.55. The number of carbonyl (C=O) groups is 4. The first-order chi connectivity index (χ1) is 48.1. The van der Waals surface area contributed by atoms with Crippen LogP contribution in [0, 0.1) is 24.2 Å². The van der Waals surface area contributed by atoms with Crippen LogP contribution in [0.4, 0.5) is 21.0 Å². The molecular formula is C82H85BrCl2N6O8P2Pd. The van der Waals surface area contributed by atoms with E-state index in [-0.39, 0.29) is 55.8 Å². The van der Waals surface area contributed by atoms with Gasteiger partial charge in [0, 0.05) is 60.0 Å². The van der Waals surface area contributed by atoms with E-state index in [9.17, 15) is 19.2 Å². The van der Waals surface area contributed by atoms with Crippen LogP contribution in [0.2, 0.25) is 0 Å². The quantitative estimate of drug-likeness (QED) is 0.0851. The minimum Gasteiger partial charge on any atom is -0.0622 e. The van der Waals surface area contributed by atoms with E-state index >= 15 is 0 Å². The van der Waals surface area contributed by atoms with Gasteiger partial charge in [-0.15, -0.1) is 6.42 Å². The number of nitrogens with zero attached hydrogens (tertiary/aromatic N) is 4. The first-order valence-corrected chi connectivity index (χ1v) is 38.9. The van der Waals surface area contributed by atoms with E-state index in [0.29, 0.717) is 22.9 Å². The van der Waals surface area contributed by atoms with Crippen molar-refractivity contribution in [1.82, 2.24) is 20.6 Å². The van der Waals surface area contributed by atoms with Crippen LogP contribution in [0.25, 0.3) is 0 Å². The van der Waals surface area contributed by atoms with E-state index in [1.54, 1.807) is 105 Å². The molecule has 4 heterocycles. The number of rotatable bonds is 8. The van der Waals surface area contributed by atoms with E-state index < -0.39 is 51.3 Å². The van der Waals surface area contributed by atoms with Crippen LogP contribution in [-0.2, 0) is 35.0 Å². The summed E-state index contributed by atoms with van der Waals surface area (Å²) in [4.78, 5) is 60.0. The number of halogens is 3. The van der Waals surface area contributed by atoms with Crippen LogP contribution >= 0.6 is 50.8 Å². The maximum absolute atomic E-state index is 12.8. The summed E-state index contributed by atoms with van der Waals surface area (Å²) in [5, 5.41) is 13.5. The molecule has 0 bridgehead atoms. The molecule has 14 nitrogen and oxygen atoms in total. The number of benzene rings is 8. The zero-order valence-corrected chi connectivity index (χ0v) is 62.9. The predicted molar refractivity (Wildman–Crippen MR) is 423 cm³/mol. The molecule has 0 saturated carbocycles. The first-order valence-electron chi connectivity index (χ1n) is 31.4. The second-order valence-electron chi connectivity index (χ2n) is 23.7. The molecule has 8 aromatic carbocycles. The van der Waals surface area contributed by atoms with Crippen molar-refractivity contribution in [1.29, 1.82) is 0 Å². The minimum atomic E-state index is -0.854. The summed E-state index contributed by atoms with van der Waals surface area (Å²) in [6.45, 7) is 10.6. The van der Waals surface area contributed by atoms with Gasteiger partial charge in [-0.3, -0.25) is 19.6 Å². The molecule has 0 unspecified atom stereocenters. The van der Waals surface area contributed by atoms with Crippen LogP contribution in [0.5, 0.6) is 11.5 Å². The van der Waals surface area contributed by atoms with Crippen molar-refractivity contribution in [3.63, 3.8) is 0 Å². The summed E-state index contributed by atoms with van der Waals surface area (Å²) < 4.78 is 22.6. The number of carbonyl (C=O) groups excluding carboxylic acids is 4. The van der Waals surface area contributed by atoms with E-state index in [4.69, 9.17) is 44.4 Å². The Labute approximate surface area is 629 Å². The number of hydrogen-bond donors (Lipinski definition) is 2. The summed E-state index contributed by atoms with van der Waals surface area (Å²) in [5.74, 6) is 9.14. The number of pyridine rings is 2. The molecule has 0 spiro atoms. The van der Waals surface area contributed by atoms with Gasteiger partial charge in [0.05, 0.1) is 11.4 Å². The second kappa shape index (κ2) is 42.9. The number of terminal acetylenes is 1. The van der Waals surface area contributed by atoms with Crippen molar-refractivity contribution in [2.45, 2.75) is 79.7 Å². The van der Waals surface area contributed by atoms with Gasteiger partial charge in [0.15, 0.2) is 0 Å². The normalized spacial score (nSPS) is 13.2. The van der Waals surface area contributed by atoms with Crippen molar-refractivity contribution in [2.75, 3.05) is 37.1 Å². The van der Waals surface area contributed by atoms with Crippen LogP contribution < -0.4 is 61.7 Å². The van der Waals surface area contributed by atoms with Gasteiger partial charge in [-0.2, -0.15) is 0 Å². The maximum Gasteiger partial charge on any atom is -0.0134 e. The van der Waals surface area contributed by atoms with Gasteiger partial charge in [0.25, 0.3) is 11.8 Å². The van der Waals surface area contributed by atoms with Crippen molar-refractivity contribution < 1.29 is 54.1 Å². The molecule has 10 aromatic rings. The van der Waals surface area contributed by atoms with E-state index in [1.807, 2.05) is 36.4 Å². The van der Waals surface area contributed by atoms with E-state index in [1.165, 1.54) is 41.6 Å². The third-order valence-electron chi connectivity index (χ3n) is 14.0. The SMILES string of the molecule is C.C.C#Cc1cccnc1.CN1C(=O)[C@@H](NC(=O)OC(C)(C)C)COc2ccc(Br)cc21.CN1C(=O)[C@@H](NC(=O)OC(C)(C)C)COc2ccc(C#Cc3cccnc3)cc21.[Cl][Pd][Cl].c1ccc(P(c2ccccc2)c2ccccc2)cc1.c1ccc(P(c2ccccc2)c2ccccc2)cc1. The fourth-order valence-corrected chi connectivity index (χ4v) is 14.5. The molecule has 532 valence electrons. The summed E-state index contributed by atoms with van der Waals surface area (Å²) >= 11 is 3.26. The molecule has 2 aromatic heterocycles. The molecule has 2 N–H and O–H groups in total. The number of anilines is 2. The Morgan fingerprint density at radius 1 is 0.500 bits per heavy atom. The van der Waals surface area contributed by atoms with Crippen LogP contribution in [-0.4, -0.2) is 84.6 Å². The monoisotopic (exact) mass is 1600 g/mol. The fraction of sp³-hybridized carbons (Fsp3) is 0.195. The van der Waals surface area contributed by atoms with E-state index in [2.05, 4.69) is 236 Å². The number of ether oxygens (including phenoxy) is 4.